The monoisotopic (exact) mass is 262 g/mol. The number of benzene rings is 1. The van der Waals surface area contributed by atoms with Crippen molar-refractivity contribution in [2.75, 3.05) is 19.6 Å². The van der Waals surface area contributed by atoms with E-state index in [2.05, 4.69) is 12.2 Å². The molecule has 4 heteroatoms. The number of hydrogen-bond donors (Lipinski definition) is 2. The number of phenols is 1. The molecule has 0 unspecified atom stereocenters. The minimum Gasteiger partial charge on any atom is -0.508 e. The zero-order valence-corrected chi connectivity index (χ0v) is 11.6. The van der Waals surface area contributed by atoms with Gasteiger partial charge in [0.25, 0.3) is 5.91 Å². The second-order valence-electron chi connectivity index (χ2n) is 5.07. The van der Waals surface area contributed by atoms with Crippen LogP contribution in [-0.4, -0.2) is 41.6 Å². The Balaban J connectivity index is 2.03. The number of carbonyl (C=O) groups is 1. The Hall–Kier alpha value is -1.55. The number of hydrogen-bond acceptors (Lipinski definition) is 3. The average Bonchev–Trinajstić information content (AvgIpc) is 2.42. The molecule has 4 nitrogen and oxygen atoms in total. The van der Waals surface area contributed by atoms with Crippen LogP contribution in [0.3, 0.4) is 0 Å². The molecule has 2 N–H and O–H groups in total. The van der Waals surface area contributed by atoms with Gasteiger partial charge in [-0.25, -0.2) is 0 Å². The number of nitrogens with one attached hydrogen (secondary N) is 1. The molecule has 1 aromatic rings. The third-order valence-electron chi connectivity index (χ3n) is 3.81. The lowest BCUT2D eigenvalue weighted by atomic mass is 10.0. The van der Waals surface area contributed by atoms with Crippen LogP contribution < -0.4 is 5.32 Å². The molecule has 0 spiro atoms. The molecular weight excluding hydrogens is 240 g/mol. The molecule has 1 fully saturated rings. The van der Waals surface area contributed by atoms with Gasteiger partial charge in [0.2, 0.25) is 0 Å². The summed E-state index contributed by atoms with van der Waals surface area (Å²) in [5.41, 5.74) is 1.28. The second kappa shape index (κ2) is 6.06. The minimum absolute atomic E-state index is 0.0309. The van der Waals surface area contributed by atoms with E-state index >= 15 is 0 Å². The van der Waals surface area contributed by atoms with Crippen molar-refractivity contribution in [2.24, 2.45) is 0 Å². The van der Waals surface area contributed by atoms with Crippen molar-refractivity contribution in [3.8, 4) is 5.75 Å². The van der Waals surface area contributed by atoms with Crippen LogP contribution in [0, 0.1) is 6.92 Å². The van der Waals surface area contributed by atoms with Crippen LogP contribution in [0.5, 0.6) is 5.75 Å². The van der Waals surface area contributed by atoms with Gasteiger partial charge in [-0.3, -0.25) is 4.79 Å². The van der Waals surface area contributed by atoms with E-state index in [0.29, 0.717) is 17.2 Å². The smallest absolute Gasteiger partial charge is 0.254 e. The quantitative estimate of drug-likeness (QED) is 0.875. The topological polar surface area (TPSA) is 52.6 Å². The highest BCUT2D eigenvalue weighted by Crippen LogP contribution is 2.22. The number of phenolic OH excluding ortho intramolecular Hbond substituents is 1. The van der Waals surface area contributed by atoms with Gasteiger partial charge in [-0.05, 0) is 38.4 Å². The summed E-state index contributed by atoms with van der Waals surface area (Å²) in [6.07, 6.45) is 1.99. The number of aromatic hydroxyl groups is 1. The van der Waals surface area contributed by atoms with E-state index in [9.17, 15) is 9.90 Å². The predicted octanol–water partition coefficient (Wildman–Crippen LogP) is 1.91. The van der Waals surface area contributed by atoms with Gasteiger partial charge >= 0.3 is 0 Å². The largest absolute Gasteiger partial charge is 0.508 e. The molecule has 1 aliphatic heterocycles. The van der Waals surface area contributed by atoms with Crippen molar-refractivity contribution in [1.29, 1.82) is 0 Å². The molecule has 1 amide bonds. The zero-order valence-electron chi connectivity index (χ0n) is 11.6. The Morgan fingerprint density at radius 2 is 2.11 bits per heavy atom. The first kappa shape index (κ1) is 13.9. The van der Waals surface area contributed by atoms with E-state index in [1.807, 2.05) is 4.90 Å². The molecule has 1 aliphatic rings. The second-order valence-corrected chi connectivity index (χ2v) is 5.07. The fourth-order valence-electron chi connectivity index (χ4n) is 2.60. The van der Waals surface area contributed by atoms with Crippen molar-refractivity contribution >= 4 is 5.91 Å². The van der Waals surface area contributed by atoms with Crippen molar-refractivity contribution in [3.05, 3.63) is 29.3 Å². The van der Waals surface area contributed by atoms with Crippen LogP contribution in [0.15, 0.2) is 18.2 Å². The summed E-state index contributed by atoms with van der Waals surface area (Å²) in [7, 11) is 0. The van der Waals surface area contributed by atoms with Crippen LogP contribution in [0.1, 0.15) is 35.7 Å². The maximum Gasteiger partial charge on any atom is 0.254 e. The molecule has 104 valence electrons. The van der Waals surface area contributed by atoms with E-state index in [1.54, 1.807) is 25.1 Å². The number of carbonyl (C=O) groups excluding carboxylic acids is 1. The first-order chi connectivity index (χ1) is 9.13. The SMILES string of the molecule is CCNC1CCN(C(=O)c2cccc(O)c2C)CC1. The maximum absolute atomic E-state index is 12.4. The number of piperidine rings is 1. The Labute approximate surface area is 114 Å². The Morgan fingerprint density at radius 3 is 2.74 bits per heavy atom. The molecular formula is C15H22N2O2. The molecule has 0 bridgehead atoms. The van der Waals surface area contributed by atoms with Gasteiger partial charge < -0.3 is 15.3 Å². The molecule has 0 aromatic heterocycles. The fourth-order valence-corrected chi connectivity index (χ4v) is 2.60. The van der Waals surface area contributed by atoms with Gasteiger partial charge in [-0.2, -0.15) is 0 Å². The number of amides is 1. The zero-order chi connectivity index (χ0) is 13.8. The predicted molar refractivity (Wildman–Crippen MR) is 75.4 cm³/mol. The Bertz CT molecular complexity index is 451. The van der Waals surface area contributed by atoms with E-state index in [-0.39, 0.29) is 11.7 Å². The van der Waals surface area contributed by atoms with Crippen molar-refractivity contribution in [3.63, 3.8) is 0 Å². The maximum atomic E-state index is 12.4. The minimum atomic E-state index is 0.0309. The molecule has 19 heavy (non-hydrogen) atoms. The van der Waals surface area contributed by atoms with Crippen molar-refractivity contribution < 1.29 is 9.90 Å². The summed E-state index contributed by atoms with van der Waals surface area (Å²) in [4.78, 5) is 14.3. The fraction of sp³-hybridized carbons (Fsp3) is 0.533. The molecule has 1 heterocycles. The Morgan fingerprint density at radius 1 is 1.42 bits per heavy atom. The molecule has 2 rings (SSSR count). The normalized spacial score (nSPS) is 16.6. The third kappa shape index (κ3) is 3.07. The van der Waals surface area contributed by atoms with Crippen LogP contribution in [0.4, 0.5) is 0 Å². The highest BCUT2D eigenvalue weighted by molar-refractivity contribution is 5.96. The summed E-state index contributed by atoms with van der Waals surface area (Å²) in [5.74, 6) is 0.219. The van der Waals surface area contributed by atoms with Gasteiger partial charge in [0.05, 0.1) is 0 Å². The summed E-state index contributed by atoms with van der Waals surface area (Å²) < 4.78 is 0. The van der Waals surface area contributed by atoms with Crippen molar-refractivity contribution in [2.45, 2.75) is 32.7 Å². The lowest BCUT2D eigenvalue weighted by Crippen LogP contribution is -2.45. The highest BCUT2D eigenvalue weighted by Gasteiger charge is 2.24. The van der Waals surface area contributed by atoms with Gasteiger partial charge in [-0.1, -0.05) is 13.0 Å². The molecule has 1 aromatic carbocycles. The summed E-state index contributed by atoms with van der Waals surface area (Å²) in [6.45, 7) is 6.43. The number of likely N-dealkylation sites (tertiary alicyclic amines) is 1. The molecule has 0 saturated carbocycles. The third-order valence-corrected chi connectivity index (χ3v) is 3.81. The number of rotatable bonds is 3. The van der Waals surface area contributed by atoms with Crippen LogP contribution in [0.25, 0.3) is 0 Å². The van der Waals surface area contributed by atoms with Gasteiger partial charge in [0.1, 0.15) is 5.75 Å². The van der Waals surface area contributed by atoms with Gasteiger partial charge in [-0.15, -0.1) is 0 Å². The van der Waals surface area contributed by atoms with E-state index in [1.165, 1.54) is 0 Å². The lowest BCUT2D eigenvalue weighted by Gasteiger charge is -2.32. The molecule has 0 atom stereocenters. The lowest BCUT2D eigenvalue weighted by molar-refractivity contribution is 0.0704. The highest BCUT2D eigenvalue weighted by atomic mass is 16.3. The standard InChI is InChI=1S/C15H22N2O2/c1-3-16-12-7-9-17(10-8-12)15(19)13-5-4-6-14(18)11(13)2/h4-6,12,16,18H,3,7-10H2,1-2H3. The van der Waals surface area contributed by atoms with Crippen LogP contribution >= 0.6 is 0 Å². The van der Waals surface area contributed by atoms with E-state index in [0.717, 1.165) is 32.5 Å². The summed E-state index contributed by atoms with van der Waals surface area (Å²) in [6, 6.07) is 5.65. The van der Waals surface area contributed by atoms with Crippen molar-refractivity contribution in [1.82, 2.24) is 10.2 Å². The average molecular weight is 262 g/mol. The molecule has 1 saturated heterocycles. The van der Waals surface area contributed by atoms with Crippen LogP contribution in [0.2, 0.25) is 0 Å². The van der Waals surface area contributed by atoms with E-state index in [4.69, 9.17) is 0 Å². The first-order valence-corrected chi connectivity index (χ1v) is 6.94. The van der Waals surface area contributed by atoms with E-state index < -0.39 is 0 Å². The molecule has 0 radical (unpaired) electrons. The summed E-state index contributed by atoms with van der Waals surface area (Å²) >= 11 is 0. The van der Waals surface area contributed by atoms with Gasteiger partial charge in [0, 0.05) is 30.3 Å². The Kier molecular flexibility index (Phi) is 4.43. The molecule has 0 aliphatic carbocycles. The summed E-state index contributed by atoms with van der Waals surface area (Å²) in [5, 5.41) is 13.1. The van der Waals surface area contributed by atoms with Crippen LogP contribution in [-0.2, 0) is 0 Å². The van der Waals surface area contributed by atoms with Gasteiger partial charge in [0.15, 0.2) is 0 Å². The first-order valence-electron chi connectivity index (χ1n) is 6.94. The number of nitrogens with zero attached hydrogens (tertiary/aromatic N) is 1.